The molecule has 0 fully saturated rings. The molecule has 0 unspecified atom stereocenters. The van der Waals surface area contributed by atoms with E-state index in [2.05, 4.69) is 13.2 Å². The zero-order chi connectivity index (χ0) is 10.3. The average molecular weight is 219 g/mol. The van der Waals surface area contributed by atoms with E-state index in [-0.39, 0.29) is 18.3 Å². The fourth-order valence-corrected chi connectivity index (χ4v) is 1.00. The maximum atomic E-state index is 11.3. The van der Waals surface area contributed by atoms with Gasteiger partial charge in [0.1, 0.15) is 0 Å². The summed E-state index contributed by atoms with van der Waals surface area (Å²) in [4.78, 5) is 11.3. The van der Waals surface area contributed by atoms with Crippen LogP contribution in [0.15, 0.2) is 25.3 Å². The van der Waals surface area contributed by atoms with Crippen molar-refractivity contribution in [1.82, 2.24) is 10.0 Å². The molecule has 0 aromatic carbocycles. The molecule has 0 bridgehead atoms. The van der Waals surface area contributed by atoms with Crippen LogP contribution < -0.4 is 0 Å². The van der Waals surface area contributed by atoms with E-state index in [1.54, 1.807) is 24.2 Å². The van der Waals surface area contributed by atoms with Gasteiger partial charge >= 0.3 is 0 Å². The fraction of sp³-hybridized carbons (Fsp3) is 0.500. The Hall–Kier alpha value is -0.800. The van der Waals surface area contributed by atoms with Gasteiger partial charge < -0.3 is 0 Å². The molecule has 0 aliphatic heterocycles. The van der Waals surface area contributed by atoms with Gasteiger partial charge in [-0.2, -0.15) is 0 Å². The first-order valence-electron chi connectivity index (χ1n) is 4.40. The maximum absolute atomic E-state index is 11.3. The van der Waals surface area contributed by atoms with Crippen LogP contribution in [0.1, 0.15) is 13.3 Å². The highest BCUT2D eigenvalue weighted by Gasteiger charge is 2.12. The minimum Gasteiger partial charge on any atom is -0.278 e. The number of hydrogen-bond acceptors (Lipinski definition) is 2. The summed E-state index contributed by atoms with van der Waals surface area (Å²) in [7, 11) is 1.76. The standard InChI is InChI=1S/C10H18N2O.ClH/c1-5-8-12(9-6-2)11(4)10(13)7-3;/h5-6H,1-2,7-9H2,3-4H3;1H. The van der Waals surface area contributed by atoms with Crippen molar-refractivity contribution < 1.29 is 4.79 Å². The molecule has 0 rings (SSSR count). The molecule has 0 radical (unpaired) electrons. The molecule has 1 amide bonds. The second-order valence-electron chi connectivity index (χ2n) is 2.72. The van der Waals surface area contributed by atoms with Crippen LogP contribution in [0.3, 0.4) is 0 Å². The smallest absolute Gasteiger partial charge is 0.236 e. The normalized spacial score (nSPS) is 9.07. The topological polar surface area (TPSA) is 23.6 Å². The molecular weight excluding hydrogens is 200 g/mol. The molecule has 0 atom stereocenters. The highest BCUT2D eigenvalue weighted by molar-refractivity contribution is 5.85. The first kappa shape index (κ1) is 15.7. The second-order valence-corrected chi connectivity index (χ2v) is 2.72. The van der Waals surface area contributed by atoms with Crippen molar-refractivity contribution in [2.24, 2.45) is 0 Å². The Balaban J connectivity index is 0. The van der Waals surface area contributed by atoms with Crippen LogP contribution in [-0.4, -0.2) is 36.1 Å². The number of hydrazine groups is 1. The third-order valence-electron chi connectivity index (χ3n) is 1.77. The Morgan fingerprint density at radius 1 is 1.29 bits per heavy atom. The zero-order valence-electron chi connectivity index (χ0n) is 8.90. The first-order valence-corrected chi connectivity index (χ1v) is 4.40. The van der Waals surface area contributed by atoms with Gasteiger partial charge in [-0.15, -0.1) is 25.6 Å². The molecule has 0 saturated heterocycles. The summed E-state index contributed by atoms with van der Waals surface area (Å²) in [5.74, 6) is 0.101. The van der Waals surface area contributed by atoms with Crippen molar-refractivity contribution in [3.05, 3.63) is 25.3 Å². The van der Waals surface area contributed by atoms with Gasteiger partial charge in [-0.25, -0.2) is 5.01 Å². The molecule has 0 N–H and O–H groups in total. The summed E-state index contributed by atoms with van der Waals surface area (Å²) < 4.78 is 0. The summed E-state index contributed by atoms with van der Waals surface area (Å²) in [6, 6.07) is 0. The van der Waals surface area contributed by atoms with Gasteiger partial charge in [-0.05, 0) is 0 Å². The largest absolute Gasteiger partial charge is 0.278 e. The summed E-state index contributed by atoms with van der Waals surface area (Å²) in [5.41, 5.74) is 0. The van der Waals surface area contributed by atoms with Gasteiger partial charge in [0, 0.05) is 26.6 Å². The van der Waals surface area contributed by atoms with Crippen LogP contribution in [0, 0.1) is 0 Å². The van der Waals surface area contributed by atoms with Crippen LogP contribution in [0.4, 0.5) is 0 Å². The van der Waals surface area contributed by atoms with Gasteiger partial charge in [0.15, 0.2) is 0 Å². The van der Waals surface area contributed by atoms with Gasteiger partial charge in [0.25, 0.3) is 0 Å². The lowest BCUT2D eigenvalue weighted by atomic mass is 10.4. The molecule has 82 valence electrons. The quantitative estimate of drug-likeness (QED) is 0.502. The number of nitrogens with zero attached hydrogens (tertiary/aromatic N) is 2. The zero-order valence-corrected chi connectivity index (χ0v) is 9.72. The highest BCUT2D eigenvalue weighted by Crippen LogP contribution is 1.98. The van der Waals surface area contributed by atoms with E-state index in [4.69, 9.17) is 0 Å². The average Bonchev–Trinajstić information content (AvgIpc) is 2.15. The van der Waals surface area contributed by atoms with E-state index in [1.165, 1.54) is 0 Å². The number of hydrogen-bond donors (Lipinski definition) is 0. The van der Waals surface area contributed by atoms with E-state index < -0.39 is 0 Å². The van der Waals surface area contributed by atoms with Gasteiger partial charge in [0.05, 0.1) is 0 Å². The fourth-order valence-electron chi connectivity index (χ4n) is 1.00. The number of rotatable bonds is 6. The second kappa shape index (κ2) is 8.78. The Morgan fingerprint density at radius 3 is 2.00 bits per heavy atom. The van der Waals surface area contributed by atoms with Gasteiger partial charge in [-0.1, -0.05) is 19.1 Å². The molecule has 0 aliphatic rings. The lowest BCUT2D eigenvalue weighted by Gasteiger charge is -2.29. The predicted molar refractivity (Wildman–Crippen MR) is 62.3 cm³/mol. The SMILES string of the molecule is C=CCN(CC=C)N(C)C(=O)CC.Cl. The van der Waals surface area contributed by atoms with E-state index in [0.717, 1.165) is 0 Å². The molecular formula is C10H19ClN2O. The van der Waals surface area contributed by atoms with Crippen molar-refractivity contribution in [2.45, 2.75) is 13.3 Å². The predicted octanol–water partition coefficient (Wildman–Crippen LogP) is 1.87. The molecule has 3 nitrogen and oxygen atoms in total. The highest BCUT2D eigenvalue weighted by atomic mass is 35.5. The number of carbonyl (C=O) groups excluding carboxylic acids is 1. The summed E-state index contributed by atoms with van der Waals surface area (Å²) in [6.07, 6.45) is 4.05. The van der Waals surface area contributed by atoms with Crippen LogP contribution in [-0.2, 0) is 4.79 Å². The van der Waals surface area contributed by atoms with E-state index in [9.17, 15) is 4.79 Å². The number of amides is 1. The Bertz CT molecular complexity index is 185. The van der Waals surface area contributed by atoms with Crippen molar-refractivity contribution >= 4 is 18.3 Å². The lowest BCUT2D eigenvalue weighted by molar-refractivity contribution is -0.143. The molecule has 4 heteroatoms. The van der Waals surface area contributed by atoms with E-state index >= 15 is 0 Å². The summed E-state index contributed by atoms with van der Waals surface area (Å²) >= 11 is 0. The Morgan fingerprint density at radius 2 is 1.71 bits per heavy atom. The van der Waals surface area contributed by atoms with Gasteiger partial charge in [-0.3, -0.25) is 9.80 Å². The molecule has 0 aliphatic carbocycles. The molecule has 0 aromatic heterocycles. The third kappa shape index (κ3) is 5.04. The van der Waals surface area contributed by atoms with Crippen molar-refractivity contribution in [1.29, 1.82) is 0 Å². The van der Waals surface area contributed by atoms with Gasteiger partial charge in [0.2, 0.25) is 5.91 Å². The minimum atomic E-state index is 0. The van der Waals surface area contributed by atoms with E-state index in [0.29, 0.717) is 19.5 Å². The Labute approximate surface area is 92.4 Å². The lowest BCUT2D eigenvalue weighted by Crippen LogP contribution is -2.43. The van der Waals surface area contributed by atoms with Crippen molar-refractivity contribution in [3.8, 4) is 0 Å². The summed E-state index contributed by atoms with van der Waals surface area (Å²) in [5, 5.41) is 3.50. The first-order chi connectivity index (χ1) is 6.17. The number of halogens is 1. The van der Waals surface area contributed by atoms with Crippen LogP contribution in [0.2, 0.25) is 0 Å². The number of carbonyl (C=O) groups is 1. The molecule has 0 spiro atoms. The monoisotopic (exact) mass is 218 g/mol. The minimum absolute atomic E-state index is 0. The van der Waals surface area contributed by atoms with Crippen LogP contribution >= 0.6 is 12.4 Å². The van der Waals surface area contributed by atoms with Crippen molar-refractivity contribution in [2.75, 3.05) is 20.1 Å². The van der Waals surface area contributed by atoms with Crippen molar-refractivity contribution in [3.63, 3.8) is 0 Å². The molecule has 14 heavy (non-hydrogen) atoms. The van der Waals surface area contributed by atoms with E-state index in [1.807, 2.05) is 11.9 Å². The maximum Gasteiger partial charge on any atom is 0.236 e. The Kier molecular flexibility index (Phi) is 9.83. The molecule has 0 saturated carbocycles. The summed E-state index contributed by atoms with van der Waals surface area (Å²) in [6.45, 7) is 10.4. The van der Waals surface area contributed by atoms with Crippen LogP contribution in [0.25, 0.3) is 0 Å². The third-order valence-corrected chi connectivity index (χ3v) is 1.77. The molecule has 0 aromatic rings. The van der Waals surface area contributed by atoms with Crippen LogP contribution in [0.5, 0.6) is 0 Å². The molecule has 0 heterocycles.